The van der Waals surface area contributed by atoms with Crippen LogP contribution in [0.4, 0.5) is 5.69 Å². The predicted molar refractivity (Wildman–Crippen MR) is 123 cm³/mol. The summed E-state index contributed by atoms with van der Waals surface area (Å²) in [5, 5.41) is 30.0. The summed E-state index contributed by atoms with van der Waals surface area (Å²) in [6, 6.07) is 12.8. The molecule has 0 aliphatic carbocycles. The van der Waals surface area contributed by atoms with Gasteiger partial charge in [0, 0.05) is 35.1 Å². The molecule has 2 heterocycles. The smallest absolute Gasteiger partial charge is 0.348 e. The van der Waals surface area contributed by atoms with Crippen molar-refractivity contribution in [3.8, 4) is 23.5 Å². The van der Waals surface area contributed by atoms with Gasteiger partial charge in [0.1, 0.15) is 28.5 Å². The predicted octanol–water partition coefficient (Wildman–Crippen LogP) is 4.99. The number of allylic oxidation sites excluding steroid dienone is 1. The Morgan fingerprint density at radius 2 is 2.03 bits per heavy atom. The molecule has 0 saturated heterocycles. The number of benzene rings is 1. The van der Waals surface area contributed by atoms with Crippen molar-refractivity contribution in [3.05, 3.63) is 78.7 Å². The lowest BCUT2D eigenvalue weighted by atomic mass is 10.0. The topological polar surface area (TPSA) is 147 Å². The normalized spacial score (nSPS) is 10.9. The number of furan rings is 1. The van der Waals surface area contributed by atoms with Gasteiger partial charge < -0.3 is 9.15 Å². The van der Waals surface area contributed by atoms with E-state index in [9.17, 15) is 30.2 Å². The second kappa shape index (κ2) is 10.4. The third-order valence-electron chi connectivity index (χ3n) is 4.79. The van der Waals surface area contributed by atoms with E-state index in [2.05, 4.69) is 0 Å². The zero-order valence-electron chi connectivity index (χ0n) is 18.2. The molecule has 2 aromatic heterocycles. The molecule has 0 atom stereocenters. The third kappa shape index (κ3) is 5.09. The highest BCUT2D eigenvalue weighted by Gasteiger charge is 2.23. The number of nitrogens with zero attached hydrogens (tertiary/aromatic N) is 3. The van der Waals surface area contributed by atoms with Gasteiger partial charge in [0.15, 0.2) is 5.78 Å². The van der Waals surface area contributed by atoms with Crippen LogP contribution >= 0.6 is 11.3 Å². The van der Waals surface area contributed by atoms with E-state index in [0.29, 0.717) is 21.8 Å². The summed E-state index contributed by atoms with van der Waals surface area (Å²) in [4.78, 5) is 36.0. The minimum absolute atomic E-state index is 0.0967. The molecular weight excluding hydrogens is 458 g/mol. The highest BCUT2D eigenvalue weighted by atomic mass is 32.1. The molecule has 0 unspecified atom stereocenters. The lowest BCUT2D eigenvalue weighted by molar-refractivity contribution is -0.384. The van der Waals surface area contributed by atoms with Crippen molar-refractivity contribution >= 4 is 34.9 Å². The molecule has 0 spiro atoms. The monoisotopic (exact) mass is 475 g/mol. The number of hydrogen-bond donors (Lipinski definition) is 0. The number of rotatable bonds is 8. The van der Waals surface area contributed by atoms with Gasteiger partial charge in [-0.25, -0.2) is 4.79 Å². The Morgan fingerprint density at radius 1 is 1.26 bits per heavy atom. The van der Waals surface area contributed by atoms with Crippen LogP contribution in [0.1, 0.15) is 38.4 Å². The van der Waals surface area contributed by atoms with E-state index < -0.39 is 16.7 Å². The summed E-state index contributed by atoms with van der Waals surface area (Å²) in [6.07, 6.45) is 1.02. The standard InChI is InChI=1S/C24H17N3O6S/c1-3-32-24(29)23-14(2)19(13-26)22(34-23)11-20(28)16(12-25)10-18-7-8-21(33-18)15-5-4-6-17(9-15)27(30)31/h4-10H,3,11H2,1-2H3/b16-10+. The molecule has 1 aromatic carbocycles. The number of ketones is 1. The van der Waals surface area contributed by atoms with Crippen LogP contribution in [0, 0.1) is 39.7 Å². The number of carbonyl (C=O) groups excluding carboxylic acids is 2. The van der Waals surface area contributed by atoms with E-state index in [4.69, 9.17) is 9.15 Å². The Bertz CT molecular complexity index is 1400. The summed E-state index contributed by atoms with van der Waals surface area (Å²) in [5.41, 5.74) is 0.819. The van der Waals surface area contributed by atoms with Gasteiger partial charge in [0.2, 0.25) is 0 Å². The number of nitro benzene ring substituents is 1. The number of non-ortho nitro benzene ring substituents is 1. The molecule has 0 aliphatic rings. The Labute approximate surface area is 198 Å². The molecule has 0 N–H and O–H groups in total. The van der Waals surface area contributed by atoms with Gasteiger partial charge in [0.25, 0.3) is 5.69 Å². The SMILES string of the molecule is CCOC(=O)c1sc(CC(=O)/C(C#N)=C/c2ccc(-c3cccc([N+](=O)[O-])c3)o2)c(C#N)c1C. The summed E-state index contributed by atoms with van der Waals surface area (Å²) in [5.74, 6) is -0.578. The average Bonchev–Trinajstić information content (AvgIpc) is 3.41. The maximum atomic E-state index is 12.8. The lowest BCUT2D eigenvalue weighted by Crippen LogP contribution is -2.05. The number of nitro groups is 1. The maximum absolute atomic E-state index is 12.8. The number of Topliss-reactive ketones (excluding diaryl/α,β-unsaturated/α-hetero) is 1. The van der Waals surface area contributed by atoms with E-state index in [1.807, 2.05) is 12.1 Å². The molecule has 3 rings (SSSR count). The molecule has 10 heteroatoms. The first-order valence-corrected chi connectivity index (χ1v) is 10.8. The molecule has 0 aliphatic heterocycles. The van der Waals surface area contributed by atoms with Crippen LogP contribution in [0.15, 0.2) is 46.4 Å². The van der Waals surface area contributed by atoms with Crippen LogP contribution < -0.4 is 0 Å². The van der Waals surface area contributed by atoms with Crippen LogP contribution in [-0.4, -0.2) is 23.3 Å². The molecular formula is C24H17N3O6S. The molecule has 0 radical (unpaired) electrons. The van der Waals surface area contributed by atoms with Crippen LogP contribution in [0.3, 0.4) is 0 Å². The van der Waals surface area contributed by atoms with Crippen molar-refractivity contribution < 1.29 is 23.7 Å². The molecule has 34 heavy (non-hydrogen) atoms. The highest BCUT2D eigenvalue weighted by molar-refractivity contribution is 7.14. The van der Waals surface area contributed by atoms with Gasteiger partial charge in [-0.1, -0.05) is 12.1 Å². The van der Waals surface area contributed by atoms with Crippen molar-refractivity contribution in [2.75, 3.05) is 6.61 Å². The first-order valence-electron chi connectivity index (χ1n) is 9.98. The quantitative estimate of drug-likeness (QED) is 0.145. The maximum Gasteiger partial charge on any atom is 0.348 e. The average molecular weight is 475 g/mol. The Morgan fingerprint density at radius 3 is 2.68 bits per heavy atom. The second-order valence-electron chi connectivity index (χ2n) is 6.97. The van der Waals surface area contributed by atoms with Crippen molar-refractivity contribution in [1.29, 1.82) is 10.5 Å². The first-order chi connectivity index (χ1) is 16.3. The Balaban J connectivity index is 1.86. The minimum Gasteiger partial charge on any atom is -0.462 e. The zero-order chi connectivity index (χ0) is 24.8. The largest absolute Gasteiger partial charge is 0.462 e. The van der Waals surface area contributed by atoms with Gasteiger partial charge in [-0.2, -0.15) is 10.5 Å². The van der Waals surface area contributed by atoms with E-state index in [-0.39, 0.29) is 40.5 Å². The van der Waals surface area contributed by atoms with E-state index in [1.54, 1.807) is 26.0 Å². The zero-order valence-corrected chi connectivity index (χ0v) is 19.0. The first kappa shape index (κ1) is 24.1. The Kier molecular flexibility index (Phi) is 7.36. The van der Waals surface area contributed by atoms with Crippen LogP contribution in [0.25, 0.3) is 17.4 Å². The van der Waals surface area contributed by atoms with E-state index >= 15 is 0 Å². The number of ether oxygens (including phenoxy) is 1. The number of carbonyl (C=O) groups is 2. The molecule has 170 valence electrons. The fraction of sp³-hybridized carbons (Fsp3) is 0.167. The molecule has 3 aromatic rings. The van der Waals surface area contributed by atoms with Gasteiger partial charge >= 0.3 is 5.97 Å². The van der Waals surface area contributed by atoms with Gasteiger partial charge in [-0.05, 0) is 31.5 Å². The summed E-state index contributed by atoms with van der Waals surface area (Å²) in [7, 11) is 0. The molecule has 0 amide bonds. The number of nitriles is 2. The second-order valence-corrected chi connectivity index (χ2v) is 8.07. The molecule has 0 bridgehead atoms. The van der Waals surface area contributed by atoms with Gasteiger partial charge in [-0.15, -0.1) is 11.3 Å². The minimum atomic E-state index is -0.569. The Hall–Kier alpha value is -4.54. The summed E-state index contributed by atoms with van der Waals surface area (Å²) >= 11 is 0.993. The third-order valence-corrected chi connectivity index (χ3v) is 6.06. The number of thiophene rings is 1. The highest BCUT2D eigenvalue weighted by Crippen LogP contribution is 2.30. The van der Waals surface area contributed by atoms with Gasteiger partial charge in [-0.3, -0.25) is 14.9 Å². The fourth-order valence-electron chi connectivity index (χ4n) is 3.15. The summed E-state index contributed by atoms with van der Waals surface area (Å²) < 4.78 is 10.6. The van der Waals surface area contributed by atoms with Crippen molar-refractivity contribution in [1.82, 2.24) is 0 Å². The van der Waals surface area contributed by atoms with Crippen molar-refractivity contribution in [2.45, 2.75) is 20.3 Å². The van der Waals surface area contributed by atoms with Crippen LogP contribution in [0.5, 0.6) is 0 Å². The van der Waals surface area contributed by atoms with Crippen LogP contribution in [0.2, 0.25) is 0 Å². The molecule has 9 nitrogen and oxygen atoms in total. The van der Waals surface area contributed by atoms with Crippen molar-refractivity contribution in [2.24, 2.45) is 0 Å². The van der Waals surface area contributed by atoms with Gasteiger partial charge in [0.05, 0.1) is 22.7 Å². The van der Waals surface area contributed by atoms with E-state index in [0.717, 1.165) is 11.3 Å². The fourth-order valence-corrected chi connectivity index (χ4v) is 4.30. The lowest BCUT2D eigenvalue weighted by Gasteiger charge is -1.99. The molecule has 0 fully saturated rings. The number of hydrogen-bond acceptors (Lipinski definition) is 9. The van der Waals surface area contributed by atoms with Crippen LogP contribution in [-0.2, 0) is 16.0 Å². The van der Waals surface area contributed by atoms with E-state index in [1.165, 1.54) is 30.3 Å². The van der Waals surface area contributed by atoms with Crippen molar-refractivity contribution in [3.63, 3.8) is 0 Å². The molecule has 0 saturated carbocycles. The summed E-state index contributed by atoms with van der Waals surface area (Å²) in [6.45, 7) is 3.45. The number of esters is 1.